The molecule has 2 aliphatic heterocycles. The maximum absolute atomic E-state index is 11.4. The summed E-state index contributed by atoms with van der Waals surface area (Å²) in [4.78, 5) is 6.75. The van der Waals surface area contributed by atoms with Crippen LogP contribution in [0.5, 0.6) is 0 Å². The van der Waals surface area contributed by atoms with E-state index in [2.05, 4.69) is 35.1 Å². The van der Waals surface area contributed by atoms with Crippen molar-refractivity contribution in [2.24, 2.45) is 0 Å². The number of piperidine rings is 2. The van der Waals surface area contributed by atoms with E-state index in [4.69, 9.17) is 0 Å². The first-order valence-corrected chi connectivity index (χ1v) is 7.95. The third kappa shape index (κ3) is 2.07. The van der Waals surface area contributed by atoms with Gasteiger partial charge in [0.05, 0.1) is 5.60 Å². The van der Waals surface area contributed by atoms with Gasteiger partial charge in [0, 0.05) is 29.9 Å². The summed E-state index contributed by atoms with van der Waals surface area (Å²) < 4.78 is 0. The second kappa shape index (κ2) is 4.79. The minimum atomic E-state index is -0.704. The fourth-order valence-corrected chi connectivity index (χ4v) is 4.39. The molecule has 3 heterocycles. The van der Waals surface area contributed by atoms with Gasteiger partial charge in [-0.15, -0.1) is 0 Å². The zero-order valence-electron chi connectivity index (χ0n) is 12.5. The molecule has 1 aromatic heterocycles. The fraction of sp³-hybridized carbons (Fsp3) is 0.500. The highest BCUT2D eigenvalue weighted by Crippen LogP contribution is 2.45. The predicted octanol–water partition coefficient (Wildman–Crippen LogP) is 3.07. The van der Waals surface area contributed by atoms with Crippen molar-refractivity contribution in [1.82, 2.24) is 9.88 Å². The van der Waals surface area contributed by atoms with Gasteiger partial charge in [-0.25, -0.2) is 0 Å². The molecule has 2 bridgehead atoms. The molecule has 2 atom stereocenters. The average molecular weight is 282 g/mol. The van der Waals surface area contributed by atoms with Crippen LogP contribution >= 0.6 is 0 Å². The van der Waals surface area contributed by atoms with Gasteiger partial charge in [0.25, 0.3) is 0 Å². The van der Waals surface area contributed by atoms with Gasteiger partial charge in [-0.3, -0.25) is 4.98 Å². The van der Waals surface area contributed by atoms with Crippen LogP contribution < -0.4 is 0 Å². The highest BCUT2D eigenvalue weighted by Gasteiger charge is 2.45. The lowest BCUT2D eigenvalue weighted by molar-refractivity contribution is -0.0866. The van der Waals surface area contributed by atoms with Crippen LogP contribution in [-0.2, 0) is 5.60 Å². The normalized spacial score (nSPS) is 33.2. The molecule has 21 heavy (non-hydrogen) atoms. The van der Waals surface area contributed by atoms with Crippen molar-refractivity contribution < 1.29 is 5.11 Å². The van der Waals surface area contributed by atoms with Crippen LogP contribution in [0.2, 0.25) is 0 Å². The minimum absolute atomic E-state index is 0.509. The Labute approximate surface area is 125 Å². The molecule has 1 N–H and O–H groups in total. The van der Waals surface area contributed by atoms with E-state index in [9.17, 15) is 5.11 Å². The molecule has 0 saturated carbocycles. The van der Waals surface area contributed by atoms with Gasteiger partial charge >= 0.3 is 0 Å². The number of benzene rings is 1. The summed E-state index contributed by atoms with van der Waals surface area (Å²) in [5.41, 5.74) is 0.364. The number of pyridine rings is 1. The molecule has 0 aliphatic carbocycles. The van der Waals surface area contributed by atoms with Crippen molar-refractivity contribution in [2.45, 2.75) is 49.8 Å². The number of rotatable bonds is 1. The van der Waals surface area contributed by atoms with Crippen LogP contribution in [-0.4, -0.2) is 34.1 Å². The summed E-state index contributed by atoms with van der Waals surface area (Å²) in [6.45, 7) is 0. The van der Waals surface area contributed by atoms with Crippen molar-refractivity contribution >= 4 is 10.8 Å². The van der Waals surface area contributed by atoms with E-state index < -0.39 is 5.60 Å². The molecule has 2 saturated heterocycles. The molecule has 0 spiro atoms. The monoisotopic (exact) mass is 282 g/mol. The number of hydrogen-bond acceptors (Lipinski definition) is 3. The molecular formula is C18H22N2O. The summed E-state index contributed by atoms with van der Waals surface area (Å²) >= 11 is 0. The summed E-state index contributed by atoms with van der Waals surface area (Å²) in [6.07, 6.45) is 9.11. The SMILES string of the molecule is CN1C2CCCC1CC(O)(c1cccc3ccncc13)C2. The number of aliphatic hydroxyl groups is 1. The van der Waals surface area contributed by atoms with Gasteiger partial charge in [-0.05, 0) is 49.7 Å². The van der Waals surface area contributed by atoms with Crippen molar-refractivity contribution in [3.63, 3.8) is 0 Å². The van der Waals surface area contributed by atoms with Crippen LogP contribution in [0.4, 0.5) is 0 Å². The van der Waals surface area contributed by atoms with Gasteiger partial charge in [-0.1, -0.05) is 24.6 Å². The number of hydrogen-bond donors (Lipinski definition) is 1. The largest absolute Gasteiger partial charge is 0.385 e. The van der Waals surface area contributed by atoms with E-state index in [1.807, 2.05) is 18.5 Å². The molecular weight excluding hydrogens is 260 g/mol. The van der Waals surface area contributed by atoms with Crippen molar-refractivity contribution in [1.29, 1.82) is 0 Å². The molecule has 110 valence electrons. The number of nitrogens with zero attached hydrogens (tertiary/aromatic N) is 2. The lowest BCUT2D eigenvalue weighted by atomic mass is 9.72. The van der Waals surface area contributed by atoms with Crippen LogP contribution in [0.1, 0.15) is 37.7 Å². The molecule has 3 nitrogen and oxygen atoms in total. The van der Waals surface area contributed by atoms with Crippen molar-refractivity contribution in [3.05, 3.63) is 42.2 Å². The topological polar surface area (TPSA) is 36.4 Å². The Balaban J connectivity index is 1.81. The zero-order chi connectivity index (χ0) is 14.4. The molecule has 2 aromatic rings. The lowest BCUT2D eigenvalue weighted by Crippen LogP contribution is -2.55. The van der Waals surface area contributed by atoms with Crippen LogP contribution in [0.15, 0.2) is 36.7 Å². The highest BCUT2D eigenvalue weighted by atomic mass is 16.3. The Hall–Kier alpha value is -1.45. The van der Waals surface area contributed by atoms with Gasteiger partial charge in [0.1, 0.15) is 0 Å². The Kier molecular flexibility index (Phi) is 3.02. The third-order valence-electron chi connectivity index (χ3n) is 5.56. The Morgan fingerprint density at radius 2 is 1.95 bits per heavy atom. The summed E-state index contributed by atoms with van der Waals surface area (Å²) in [6, 6.07) is 9.29. The maximum Gasteiger partial charge on any atom is 0.0932 e. The molecule has 2 unspecified atom stereocenters. The molecule has 0 amide bonds. The Bertz CT molecular complexity index is 650. The first-order chi connectivity index (χ1) is 10.2. The fourth-order valence-electron chi connectivity index (χ4n) is 4.39. The molecule has 2 aliphatic rings. The second-order valence-corrected chi connectivity index (χ2v) is 6.75. The lowest BCUT2D eigenvalue weighted by Gasteiger charge is -2.51. The van der Waals surface area contributed by atoms with Gasteiger partial charge in [-0.2, -0.15) is 0 Å². The van der Waals surface area contributed by atoms with Crippen molar-refractivity contribution in [2.75, 3.05) is 7.05 Å². The van der Waals surface area contributed by atoms with Gasteiger partial charge in [0.15, 0.2) is 0 Å². The Morgan fingerprint density at radius 1 is 1.19 bits per heavy atom. The molecule has 0 radical (unpaired) electrons. The van der Waals surface area contributed by atoms with E-state index in [1.165, 1.54) is 24.6 Å². The molecule has 1 aromatic carbocycles. The third-order valence-corrected chi connectivity index (χ3v) is 5.56. The van der Waals surface area contributed by atoms with E-state index >= 15 is 0 Å². The molecule has 4 rings (SSSR count). The summed E-state index contributed by atoms with van der Waals surface area (Å²) in [5.74, 6) is 0. The van der Waals surface area contributed by atoms with Crippen molar-refractivity contribution in [3.8, 4) is 0 Å². The number of fused-ring (bicyclic) bond motifs is 3. The Morgan fingerprint density at radius 3 is 2.71 bits per heavy atom. The quantitative estimate of drug-likeness (QED) is 0.873. The highest BCUT2D eigenvalue weighted by molar-refractivity contribution is 5.85. The van der Waals surface area contributed by atoms with E-state index in [-0.39, 0.29) is 0 Å². The standard InChI is InChI=1S/C18H22N2O/c1-20-14-5-3-6-15(20)11-18(21,10-14)17-7-2-4-13-8-9-19-12-16(13)17/h2,4,7-9,12,14-15,21H,3,5-6,10-11H2,1H3. The zero-order valence-corrected chi connectivity index (χ0v) is 12.5. The maximum atomic E-state index is 11.4. The second-order valence-electron chi connectivity index (χ2n) is 6.75. The van der Waals surface area contributed by atoms with E-state index in [0.29, 0.717) is 12.1 Å². The van der Waals surface area contributed by atoms with Crippen LogP contribution in [0.3, 0.4) is 0 Å². The predicted molar refractivity (Wildman–Crippen MR) is 84.1 cm³/mol. The molecule has 3 heteroatoms. The summed E-state index contributed by atoms with van der Waals surface area (Å²) in [7, 11) is 2.22. The minimum Gasteiger partial charge on any atom is -0.385 e. The van der Waals surface area contributed by atoms with E-state index in [1.54, 1.807) is 0 Å². The van der Waals surface area contributed by atoms with Gasteiger partial charge < -0.3 is 10.0 Å². The van der Waals surface area contributed by atoms with Crippen LogP contribution in [0, 0.1) is 0 Å². The smallest absolute Gasteiger partial charge is 0.0932 e. The van der Waals surface area contributed by atoms with Gasteiger partial charge in [0.2, 0.25) is 0 Å². The first-order valence-electron chi connectivity index (χ1n) is 7.95. The van der Waals surface area contributed by atoms with Crippen LogP contribution in [0.25, 0.3) is 10.8 Å². The van der Waals surface area contributed by atoms with E-state index in [0.717, 1.165) is 23.8 Å². The average Bonchev–Trinajstić information content (AvgIpc) is 2.48. The first kappa shape index (κ1) is 13.2. The molecule has 2 fully saturated rings. The number of aromatic nitrogens is 1. The summed E-state index contributed by atoms with van der Waals surface area (Å²) in [5, 5.41) is 13.7.